The van der Waals surface area contributed by atoms with E-state index in [1.165, 1.54) is 12.1 Å². The summed E-state index contributed by atoms with van der Waals surface area (Å²) in [6, 6.07) is 6.12. The quantitative estimate of drug-likeness (QED) is 0.866. The number of hydrogen-bond donors (Lipinski definition) is 0. The third-order valence-corrected chi connectivity index (χ3v) is 3.55. The van der Waals surface area contributed by atoms with E-state index in [0.717, 1.165) is 11.5 Å². The molecule has 5 nitrogen and oxygen atoms in total. The summed E-state index contributed by atoms with van der Waals surface area (Å²) < 4.78 is 18.8. The van der Waals surface area contributed by atoms with Gasteiger partial charge < -0.3 is 14.2 Å². The standard InChI is InChI=1S/C16H18FN3O2/c1-19(2)10-15-18-13-8-20(9-14(13)22-15)16(21)7-11-4-3-5-12(17)6-11/h3-6H,7-10H2,1-2H3. The van der Waals surface area contributed by atoms with E-state index >= 15 is 0 Å². The number of fused-ring (bicyclic) bond motifs is 1. The summed E-state index contributed by atoms with van der Waals surface area (Å²) in [6.45, 7) is 1.54. The molecule has 0 fully saturated rings. The number of amides is 1. The Hall–Kier alpha value is -2.21. The highest BCUT2D eigenvalue weighted by Gasteiger charge is 2.28. The molecule has 1 aliphatic rings. The summed E-state index contributed by atoms with van der Waals surface area (Å²) >= 11 is 0. The molecule has 6 heteroatoms. The average molecular weight is 303 g/mol. The highest BCUT2D eigenvalue weighted by Crippen LogP contribution is 2.24. The molecule has 3 rings (SSSR count). The summed E-state index contributed by atoms with van der Waals surface area (Å²) in [5.74, 6) is 1.05. The van der Waals surface area contributed by atoms with Gasteiger partial charge in [-0.2, -0.15) is 0 Å². The largest absolute Gasteiger partial charge is 0.442 e. The minimum absolute atomic E-state index is 0.0482. The Balaban J connectivity index is 1.63. The summed E-state index contributed by atoms with van der Waals surface area (Å²) in [6.07, 6.45) is 0.187. The first-order valence-corrected chi connectivity index (χ1v) is 7.15. The molecule has 0 saturated heterocycles. The summed E-state index contributed by atoms with van der Waals surface area (Å²) in [4.78, 5) is 20.4. The van der Waals surface area contributed by atoms with E-state index in [-0.39, 0.29) is 18.1 Å². The van der Waals surface area contributed by atoms with Crippen LogP contribution in [0.25, 0.3) is 0 Å². The molecule has 0 aliphatic carbocycles. The lowest BCUT2D eigenvalue weighted by molar-refractivity contribution is -0.131. The SMILES string of the molecule is CN(C)Cc1nc2c(o1)CN(C(=O)Cc1cccc(F)c1)C2. The summed E-state index contributed by atoms with van der Waals surface area (Å²) in [7, 11) is 3.90. The van der Waals surface area contributed by atoms with Crippen molar-refractivity contribution < 1.29 is 13.6 Å². The molecule has 0 radical (unpaired) electrons. The molecular weight excluding hydrogens is 285 g/mol. The Morgan fingerprint density at radius 2 is 2.23 bits per heavy atom. The Morgan fingerprint density at radius 3 is 2.91 bits per heavy atom. The van der Waals surface area contributed by atoms with E-state index in [9.17, 15) is 9.18 Å². The van der Waals surface area contributed by atoms with Crippen molar-refractivity contribution in [1.29, 1.82) is 0 Å². The van der Waals surface area contributed by atoms with Crippen molar-refractivity contribution in [3.05, 3.63) is 53.0 Å². The second-order valence-electron chi connectivity index (χ2n) is 5.77. The van der Waals surface area contributed by atoms with Gasteiger partial charge in [0.15, 0.2) is 0 Å². The average Bonchev–Trinajstić information content (AvgIpc) is 2.95. The van der Waals surface area contributed by atoms with E-state index in [1.807, 2.05) is 19.0 Å². The minimum Gasteiger partial charge on any atom is -0.442 e. The number of carbonyl (C=O) groups is 1. The van der Waals surface area contributed by atoms with Crippen LogP contribution in [0, 0.1) is 5.82 Å². The maximum atomic E-state index is 13.2. The molecular formula is C16H18FN3O2. The van der Waals surface area contributed by atoms with Crippen molar-refractivity contribution in [2.24, 2.45) is 0 Å². The number of carbonyl (C=O) groups excluding carboxylic acids is 1. The van der Waals surface area contributed by atoms with Crippen molar-refractivity contribution in [2.45, 2.75) is 26.1 Å². The van der Waals surface area contributed by atoms with Gasteiger partial charge in [-0.3, -0.25) is 4.79 Å². The molecule has 1 aromatic carbocycles. The van der Waals surface area contributed by atoms with Crippen molar-refractivity contribution in [3.63, 3.8) is 0 Å². The van der Waals surface area contributed by atoms with Crippen LogP contribution in [0.3, 0.4) is 0 Å². The van der Waals surface area contributed by atoms with Crippen LogP contribution in [0.5, 0.6) is 0 Å². The van der Waals surface area contributed by atoms with Gasteiger partial charge in [-0.25, -0.2) is 9.37 Å². The lowest BCUT2D eigenvalue weighted by Gasteiger charge is -2.15. The maximum Gasteiger partial charge on any atom is 0.227 e. The molecule has 0 spiro atoms. The van der Waals surface area contributed by atoms with Crippen molar-refractivity contribution in [3.8, 4) is 0 Å². The van der Waals surface area contributed by atoms with Crippen LogP contribution >= 0.6 is 0 Å². The van der Waals surface area contributed by atoms with E-state index in [1.54, 1.807) is 17.0 Å². The number of nitrogens with zero attached hydrogens (tertiary/aromatic N) is 3. The number of benzene rings is 1. The van der Waals surface area contributed by atoms with Crippen LogP contribution in [-0.4, -0.2) is 34.8 Å². The monoisotopic (exact) mass is 303 g/mol. The Bertz CT molecular complexity index is 673. The highest BCUT2D eigenvalue weighted by molar-refractivity contribution is 5.79. The second kappa shape index (κ2) is 5.88. The predicted molar refractivity (Wildman–Crippen MR) is 78.3 cm³/mol. The highest BCUT2D eigenvalue weighted by atomic mass is 19.1. The number of aromatic nitrogens is 1. The number of oxazole rings is 1. The van der Waals surface area contributed by atoms with Crippen LogP contribution in [-0.2, 0) is 30.8 Å². The van der Waals surface area contributed by atoms with Gasteiger partial charge in [-0.1, -0.05) is 12.1 Å². The Morgan fingerprint density at radius 1 is 1.41 bits per heavy atom. The molecule has 1 aliphatic heterocycles. The first-order valence-electron chi connectivity index (χ1n) is 7.15. The zero-order chi connectivity index (χ0) is 15.7. The molecule has 1 amide bonds. The van der Waals surface area contributed by atoms with Gasteiger partial charge in [0.05, 0.1) is 26.1 Å². The molecule has 116 valence electrons. The third kappa shape index (κ3) is 3.17. The van der Waals surface area contributed by atoms with Crippen LogP contribution in [0.1, 0.15) is 22.9 Å². The maximum absolute atomic E-state index is 13.2. The molecule has 0 N–H and O–H groups in total. The van der Waals surface area contributed by atoms with Gasteiger partial charge in [0.1, 0.15) is 17.3 Å². The first kappa shape index (κ1) is 14.7. The summed E-state index contributed by atoms with van der Waals surface area (Å²) in [5.41, 5.74) is 1.50. The third-order valence-electron chi connectivity index (χ3n) is 3.55. The zero-order valence-electron chi connectivity index (χ0n) is 12.7. The molecule has 0 unspecified atom stereocenters. The number of hydrogen-bond acceptors (Lipinski definition) is 4. The van der Waals surface area contributed by atoms with Gasteiger partial charge in [0.25, 0.3) is 0 Å². The fourth-order valence-corrected chi connectivity index (χ4v) is 2.54. The topological polar surface area (TPSA) is 49.6 Å². The van der Waals surface area contributed by atoms with E-state index in [2.05, 4.69) is 4.98 Å². The van der Waals surface area contributed by atoms with Gasteiger partial charge in [-0.05, 0) is 31.8 Å². The zero-order valence-corrected chi connectivity index (χ0v) is 12.7. The smallest absolute Gasteiger partial charge is 0.227 e. The summed E-state index contributed by atoms with van der Waals surface area (Å²) in [5, 5.41) is 0. The Kier molecular flexibility index (Phi) is 3.94. The van der Waals surface area contributed by atoms with Crippen LogP contribution in [0.2, 0.25) is 0 Å². The van der Waals surface area contributed by atoms with Crippen molar-refractivity contribution >= 4 is 5.91 Å². The fourth-order valence-electron chi connectivity index (χ4n) is 2.54. The van der Waals surface area contributed by atoms with E-state index in [0.29, 0.717) is 31.1 Å². The normalized spacial score (nSPS) is 13.7. The van der Waals surface area contributed by atoms with Gasteiger partial charge in [0.2, 0.25) is 11.8 Å². The lowest BCUT2D eigenvalue weighted by Crippen LogP contribution is -2.27. The molecule has 22 heavy (non-hydrogen) atoms. The van der Waals surface area contributed by atoms with Crippen LogP contribution in [0.4, 0.5) is 4.39 Å². The van der Waals surface area contributed by atoms with Crippen molar-refractivity contribution in [2.75, 3.05) is 14.1 Å². The molecule has 0 saturated carbocycles. The molecule has 1 aromatic heterocycles. The van der Waals surface area contributed by atoms with E-state index in [4.69, 9.17) is 4.42 Å². The Labute approximate surface area is 128 Å². The minimum atomic E-state index is -0.325. The second-order valence-corrected chi connectivity index (χ2v) is 5.77. The molecule has 0 bridgehead atoms. The first-order chi connectivity index (χ1) is 10.5. The lowest BCUT2D eigenvalue weighted by atomic mass is 10.1. The van der Waals surface area contributed by atoms with E-state index < -0.39 is 0 Å². The molecule has 2 aromatic rings. The van der Waals surface area contributed by atoms with Gasteiger partial charge >= 0.3 is 0 Å². The predicted octanol–water partition coefficient (Wildman–Crippen LogP) is 1.96. The van der Waals surface area contributed by atoms with Gasteiger partial charge in [0, 0.05) is 0 Å². The van der Waals surface area contributed by atoms with Crippen LogP contribution < -0.4 is 0 Å². The number of rotatable bonds is 4. The van der Waals surface area contributed by atoms with Gasteiger partial charge in [-0.15, -0.1) is 0 Å². The van der Waals surface area contributed by atoms with Crippen molar-refractivity contribution in [1.82, 2.24) is 14.8 Å². The molecule has 2 heterocycles. The number of halogens is 1. The molecule has 0 atom stereocenters. The van der Waals surface area contributed by atoms with Crippen LogP contribution in [0.15, 0.2) is 28.7 Å². The fraction of sp³-hybridized carbons (Fsp3) is 0.375.